The Morgan fingerprint density at radius 1 is 1.07 bits per heavy atom. The quantitative estimate of drug-likeness (QED) is 0.699. The molecule has 0 bridgehead atoms. The lowest BCUT2D eigenvalue weighted by Crippen LogP contribution is -2.52. The van der Waals surface area contributed by atoms with Gasteiger partial charge in [0.25, 0.3) is 0 Å². The van der Waals surface area contributed by atoms with Crippen LogP contribution < -0.4 is 9.64 Å². The van der Waals surface area contributed by atoms with Crippen molar-refractivity contribution in [2.24, 2.45) is 0 Å². The molecule has 0 unspecified atom stereocenters. The van der Waals surface area contributed by atoms with Crippen LogP contribution in [0.5, 0.6) is 5.75 Å². The first-order chi connectivity index (χ1) is 14.1. The lowest BCUT2D eigenvalue weighted by Gasteiger charge is -2.35. The predicted molar refractivity (Wildman–Crippen MR) is 110 cm³/mol. The first-order valence-electron chi connectivity index (χ1n) is 9.75. The largest absolute Gasteiger partial charge is 0.496 e. The number of benzene rings is 1. The normalized spacial score (nSPS) is 13.9. The SMILES string of the molecule is COc1ccccc1CCN(CC(=O)N1CCN(c2ncccn2)CC1)C(C)=O. The van der Waals surface area contributed by atoms with E-state index >= 15 is 0 Å². The van der Waals surface area contributed by atoms with E-state index in [2.05, 4.69) is 14.9 Å². The summed E-state index contributed by atoms with van der Waals surface area (Å²) in [6.45, 7) is 4.60. The van der Waals surface area contributed by atoms with Crippen LogP contribution in [0.1, 0.15) is 12.5 Å². The molecule has 1 aromatic heterocycles. The van der Waals surface area contributed by atoms with Gasteiger partial charge in [-0.25, -0.2) is 9.97 Å². The van der Waals surface area contributed by atoms with Gasteiger partial charge in [0.2, 0.25) is 17.8 Å². The first kappa shape index (κ1) is 20.6. The van der Waals surface area contributed by atoms with E-state index in [1.165, 1.54) is 6.92 Å². The molecule has 2 aromatic rings. The molecule has 1 aliphatic rings. The van der Waals surface area contributed by atoms with Crippen LogP contribution in [0.3, 0.4) is 0 Å². The third-order valence-corrected chi connectivity index (χ3v) is 5.08. The van der Waals surface area contributed by atoms with Gasteiger partial charge in [0.05, 0.1) is 13.7 Å². The minimum atomic E-state index is -0.107. The van der Waals surface area contributed by atoms with Gasteiger partial charge in [-0.1, -0.05) is 18.2 Å². The number of anilines is 1. The number of nitrogens with zero attached hydrogens (tertiary/aromatic N) is 5. The molecule has 1 fully saturated rings. The highest BCUT2D eigenvalue weighted by atomic mass is 16.5. The van der Waals surface area contributed by atoms with Crippen molar-refractivity contribution >= 4 is 17.8 Å². The van der Waals surface area contributed by atoms with Crippen LogP contribution in [-0.2, 0) is 16.0 Å². The fraction of sp³-hybridized carbons (Fsp3) is 0.429. The van der Waals surface area contributed by atoms with E-state index in [4.69, 9.17) is 4.74 Å². The first-order valence-corrected chi connectivity index (χ1v) is 9.75. The summed E-state index contributed by atoms with van der Waals surface area (Å²) in [5.74, 6) is 1.33. The number of rotatable bonds is 7. The van der Waals surface area contributed by atoms with Crippen LogP contribution >= 0.6 is 0 Å². The second-order valence-corrected chi connectivity index (χ2v) is 6.92. The number of para-hydroxylation sites is 1. The summed E-state index contributed by atoms with van der Waals surface area (Å²) < 4.78 is 5.37. The van der Waals surface area contributed by atoms with Crippen LogP contribution in [0, 0.1) is 0 Å². The minimum absolute atomic E-state index is 0.0335. The summed E-state index contributed by atoms with van der Waals surface area (Å²) in [6, 6.07) is 9.51. The van der Waals surface area contributed by atoms with Gasteiger partial charge in [0, 0.05) is 52.0 Å². The molecule has 154 valence electrons. The van der Waals surface area contributed by atoms with E-state index < -0.39 is 0 Å². The van der Waals surface area contributed by atoms with Crippen molar-refractivity contribution in [2.45, 2.75) is 13.3 Å². The maximum absolute atomic E-state index is 12.7. The number of amides is 2. The van der Waals surface area contributed by atoms with Crippen LogP contribution in [0.2, 0.25) is 0 Å². The number of hydrogen-bond acceptors (Lipinski definition) is 6. The highest BCUT2D eigenvalue weighted by Gasteiger charge is 2.24. The van der Waals surface area contributed by atoms with Gasteiger partial charge >= 0.3 is 0 Å². The Hall–Kier alpha value is -3.16. The minimum Gasteiger partial charge on any atom is -0.496 e. The van der Waals surface area contributed by atoms with Crippen molar-refractivity contribution in [3.8, 4) is 5.75 Å². The molecule has 8 nitrogen and oxygen atoms in total. The maximum atomic E-state index is 12.7. The van der Waals surface area contributed by atoms with Gasteiger partial charge in [-0.3, -0.25) is 9.59 Å². The molecule has 2 amide bonds. The van der Waals surface area contributed by atoms with Gasteiger partial charge in [-0.05, 0) is 24.1 Å². The summed E-state index contributed by atoms with van der Waals surface area (Å²) in [4.78, 5) is 38.8. The van der Waals surface area contributed by atoms with Crippen LogP contribution in [0.25, 0.3) is 0 Å². The lowest BCUT2D eigenvalue weighted by molar-refractivity contribution is -0.139. The Morgan fingerprint density at radius 2 is 1.76 bits per heavy atom. The molecule has 3 rings (SSSR count). The van der Waals surface area contributed by atoms with Crippen molar-refractivity contribution < 1.29 is 14.3 Å². The average Bonchev–Trinajstić information content (AvgIpc) is 2.77. The Balaban J connectivity index is 1.53. The summed E-state index contributed by atoms with van der Waals surface area (Å²) in [6.07, 6.45) is 4.06. The number of piperazine rings is 1. The van der Waals surface area contributed by atoms with E-state index in [1.54, 1.807) is 35.4 Å². The number of methoxy groups -OCH3 is 1. The highest BCUT2D eigenvalue weighted by molar-refractivity contribution is 5.84. The van der Waals surface area contributed by atoms with Crippen molar-refractivity contribution in [2.75, 3.05) is 51.3 Å². The number of carbonyl (C=O) groups excluding carboxylic acids is 2. The second-order valence-electron chi connectivity index (χ2n) is 6.92. The average molecular weight is 397 g/mol. The topological polar surface area (TPSA) is 78.9 Å². The van der Waals surface area contributed by atoms with Crippen molar-refractivity contribution in [3.63, 3.8) is 0 Å². The monoisotopic (exact) mass is 397 g/mol. The van der Waals surface area contributed by atoms with Crippen LogP contribution in [0.15, 0.2) is 42.7 Å². The molecule has 0 aliphatic carbocycles. The third-order valence-electron chi connectivity index (χ3n) is 5.08. The smallest absolute Gasteiger partial charge is 0.242 e. The molecule has 1 aliphatic heterocycles. The zero-order valence-corrected chi connectivity index (χ0v) is 17.0. The number of carbonyl (C=O) groups is 2. The zero-order valence-electron chi connectivity index (χ0n) is 17.0. The Labute approximate surface area is 171 Å². The number of aromatic nitrogens is 2. The second kappa shape index (κ2) is 9.86. The molecule has 2 heterocycles. The maximum Gasteiger partial charge on any atom is 0.242 e. The predicted octanol–water partition coefficient (Wildman–Crippen LogP) is 1.22. The van der Waals surface area contributed by atoms with E-state index in [0.29, 0.717) is 45.1 Å². The number of ether oxygens (including phenoxy) is 1. The van der Waals surface area contributed by atoms with Gasteiger partial charge in [0.1, 0.15) is 5.75 Å². The molecule has 29 heavy (non-hydrogen) atoms. The lowest BCUT2D eigenvalue weighted by atomic mass is 10.1. The third kappa shape index (κ3) is 5.43. The zero-order chi connectivity index (χ0) is 20.6. The molecular formula is C21H27N5O3. The van der Waals surface area contributed by atoms with Crippen molar-refractivity contribution in [1.29, 1.82) is 0 Å². The molecule has 1 saturated heterocycles. The molecular weight excluding hydrogens is 370 g/mol. The van der Waals surface area contributed by atoms with Gasteiger partial charge in [-0.2, -0.15) is 0 Å². The molecule has 0 N–H and O–H groups in total. The molecule has 0 radical (unpaired) electrons. The standard InChI is InChI=1S/C21H27N5O3/c1-17(27)26(11-8-18-6-3-4-7-19(18)29-2)16-20(28)24-12-14-25(15-13-24)21-22-9-5-10-23-21/h3-7,9-10H,8,11-16H2,1-2H3. The summed E-state index contributed by atoms with van der Waals surface area (Å²) >= 11 is 0. The van der Waals surface area contributed by atoms with Crippen LogP contribution in [0.4, 0.5) is 5.95 Å². The van der Waals surface area contributed by atoms with E-state index in [9.17, 15) is 9.59 Å². The van der Waals surface area contributed by atoms with E-state index in [-0.39, 0.29) is 18.4 Å². The summed E-state index contributed by atoms with van der Waals surface area (Å²) in [5, 5.41) is 0. The highest BCUT2D eigenvalue weighted by Crippen LogP contribution is 2.18. The fourth-order valence-corrected chi connectivity index (χ4v) is 3.39. The van der Waals surface area contributed by atoms with E-state index in [1.807, 2.05) is 24.3 Å². The molecule has 8 heteroatoms. The Bertz CT molecular complexity index is 822. The Morgan fingerprint density at radius 3 is 2.41 bits per heavy atom. The van der Waals surface area contributed by atoms with Gasteiger partial charge < -0.3 is 19.4 Å². The van der Waals surface area contributed by atoms with Crippen molar-refractivity contribution in [3.05, 3.63) is 48.3 Å². The Kier molecular flexibility index (Phi) is 6.99. The molecule has 0 spiro atoms. The summed E-state index contributed by atoms with van der Waals surface area (Å²) in [7, 11) is 1.63. The van der Waals surface area contributed by atoms with Gasteiger partial charge in [0.15, 0.2) is 0 Å². The molecule has 1 aromatic carbocycles. The van der Waals surface area contributed by atoms with E-state index in [0.717, 1.165) is 11.3 Å². The van der Waals surface area contributed by atoms with Crippen LogP contribution in [-0.4, -0.2) is 78.0 Å². The summed E-state index contributed by atoms with van der Waals surface area (Å²) in [5.41, 5.74) is 1.02. The number of hydrogen-bond donors (Lipinski definition) is 0. The van der Waals surface area contributed by atoms with Crippen molar-refractivity contribution in [1.82, 2.24) is 19.8 Å². The van der Waals surface area contributed by atoms with Gasteiger partial charge in [-0.15, -0.1) is 0 Å². The fourth-order valence-electron chi connectivity index (χ4n) is 3.39. The molecule has 0 atom stereocenters. The molecule has 0 saturated carbocycles.